The van der Waals surface area contributed by atoms with Gasteiger partial charge in [0.05, 0.1) is 11.4 Å². The van der Waals surface area contributed by atoms with Gasteiger partial charge in [0.25, 0.3) is 5.88 Å². The predicted octanol–water partition coefficient (Wildman–Crippen LogP) is 2.69. The summed E-state index contributed by atoms with van der Waals surface area (Å²) < 4.78 is 39.9. The molecule has 0 aromatic carbocycles. The summed E-state index contributed by atoms with van der Waals surface area (Å²) in [5.74, 6) is -0.294. The molecule has 0 aliphatic carbocycles. The minimum Gasteiger partial charge on any atom is -0.466 e. The van der Waals surface area contributed by atoms with Crippen molar-refractivity contribution in [3.8, 4) is 5.88 Å². The van der Waals surface area contributed by atoms with E-state index in [2.05, 4.69) is 14.7 Å². The Morgan fingerprint density at radius 3 is 2.27 bits per heavy atom. The normalized spacial score (nSPS) is 11.6. The minimum atomic E-state index is -4.41. The first kappa shape index (κ1) is 12.0. The standard InChI is InChI=1S/C8H8ClF3N2O/c1-4-5(2)14-7(6(9)13-4)15-3-8(10,11)12/h3H2,1-2H3. The number of rotatable bonds is 2. The maximum Gasteiger partial charge on any atom is 0.422 e. The van der Waals surface area contributed by atoms with E-state index in [4.69, 9.17) is 11.6 Å². The van der Waals surface area contributed by atoms with Crippen molar-refractivity contribution in [3.05, 3.63) is 16.5 Å². The number of hydrogen-bond acceptors (Lipinski definition) is 3. The molecule has 0 saturated heterocycles. The lowest BCUT2D eigenvalue weighted by atomic mass is 10.3. The minimum absolute atomic E-state index is 0.164. The molecule has 0 amide bonds. The van der Waals surface area contributed by atoms with Crippen molar-refractivity contribution in [1.82, 2.24) is 9.97 Å². The molecule has 15 heavy (non-hydrogen) atoms. The maximum atomic E-state index is 11.8. The third-order valence-electron chi connectivity index (χ3n) is 1.61. The molecular formula is C8H8ClF3N2O. The van der Waals surface area contributed by atoms with E-state index in [0.717, 1.165) is 0 Å². The van der Waals surface area contributed by atoms with Crippen molar-refractivity contribution >= 4 is 11.6 Å². The summed E-state index contributed by atoms with van der Waals surface area (Å²) in [4.78, 5) is 7.54. The van der Waals surface area contributed by atoms with Crippen LogP contribution in [0.1, 0.15) is 11.4 Å². The van der Waals surface area contributed by atoms with Gasteiger partial charge in [-0.05, 0) is 13.8 Å². The molecule has 1 rings (SSSR count). The maximum absolute atomic E-state index is 11.8. The fourth-order valence-electron chi connectivity index (χ4n) is 0.797. The number of hydrogen-bond donors (Lipinski definition) is 0. The second-order valence-electron chi connectivity index (χ2n) is 2.89. The first-order valence-corrected chi connectivity index (χ1v) is 4.37. The van der Waals surface area contributed by atoms with Gasteiger partial charge in [-0.3, -0.25) is 0 Å². The van der Waals surface area contributed by atoms with Crippen molar-refractivity contribution in [3.63, 3.8) is 0 Å². The summed E-state index contributed by atoms with van der Waals surface area (Å²) in [6, 6.07) is 0. The van der Waals surface area contributed by atoms with Gasteiger partial charge in [-0.1, -0.05) is 11.6 Å². The average molecular weight is 241 g/mol. The van der Waals surface area contributed by atoms with Crippen molar-refractivity contribution in [2.24, 2.45) is 0 Å². The van der Waals surface area contributed by atoms with Crippen LogP contribution in [0.15, 0.2) is 0 Å². The third kappa shape index (κ3) is 3.54. The van der Waals surface area contributed by atoms with E-state index in [1.807, 2.05) is 0 Å². The summed E-state index contributed by atoms with van der Waals surface area (Å²) in [6.45, 7) is 1.84. The highest BCUT2D eigenvalue weighted by molar-refractivity contribution is 6.30. The first-order valence-electron chi connectivity index (χ1n) is 4.00. The molecule has 0 aliphatic rings. The van der Waals surface area contributed by atoms with Crippen molar-refractivity contribution < 1.29 is 17.9 Å². The van der Waals surface area contributed by atoms with Gasteiger partial charge >= 0.3 is 6.18 Å². The van der Waals surface area contributed by atoms with E-state index in [-0.39, 0.29) is 11.0 Å². The molecule has 0 fully saturated rings. The molecule has 0 spiro atoms. The van der Waals surface area contributed by atoms with Gasteiger partial charge in [-0.15, -0.1) is 0 Å². The van der Waals surface area contributed by atoms with Crippen LogP contribution in [0.2, 0.25) is 5.15 Å². The smallest absolute Gasteiger partial charge is 0.422 e. The molecule has 3 nitrogen and oxygen atoms in total. The Labute approximate surface area is 89.2 Å². The fraction of sp³-hybridized carbons (Fsp3) is 0.500. The zero-order chi connectivity index (χ0) is 11.6. The number of alkyl halides is 3. The molecule has 1 aromatic heterocycles. The second-order valence-corrected chi connectivity index (χ2v) is 3.25. The Hall–Kier alpha value is -1.04. The van der Waals surface area contributed by atoms with Crippen molar-refractivity contribution in [1.29, 1.82) is 0 Å². The van der Waals surface area contributed by atoms with Crippen molar-refractivity contribution in [2.45, 2.75) is 20.0 Å². The zero-order valence-electron chi connectivity index (χ0n) is 8.02. The van der Waals surface area contributed by atoms with Gasteiger partial charge < -0.3 is 4.74 Å². The molecule has 84 valence electrons. The van der Waals surface area contributed by atoms with Crippen LogP contribution in [-0.4, -0.2) is 22.8 Å². The molecule has 0 radical (unpaired) electrons. The molecule has 1 heterocycles. The van der Waals surface area contributed by atoms with Gasteiger partial charge in [-0.2, -0.15) is 13.2 Å². The molecule has 0 bridgehead atoms. The van der Waals surface area contributed by atoms with Gasteiger partial charge in [0.15, 0.2) is 11.8 Å². The quantitative estimate of drug-likeness (QED) is 0.797. The molecule has 1 aromatic rings. The Bertz CT molecular complexity index is 368. The molecular weight excluding hydrogens is 233 g/mol. The number of nitrogens with zero attached hydrogens (tertiary/aromatic N) is 2. The molecule has 0 N–H and O–H groups in total. The lowest BCUT2D eigenvalue weighted by molar-refractivity contribution is -0.154. The van der Waals surface area contributed by atoms with Crippen LogP contribution >= 0.6 is 11.6 Å². The van der Waals surface area contributed by atoms with Crippen LogP contribution in [0.3, 0.4) is 0 Å². The summed E-state index contributed by atoms with van der Waals surface area (Å²) in [5, 5.41) is -0.164. The topological polar surface area (TPSA) is 35.0 Å². The zero-order valence-corrected chi connectivity index (χ0v) is 8.78. The summed E-state index contributed by atoms with van der Waals surface area (Å²) in [5.41, 5.74) is 1.04. The fourth-order valence-corrected chi connectivity index (χ4v) is 1.02. The van der Waals surface area contributed by atoms with Gasteiger partial charge in [0.2, 0.25) is 0 Å². The molecule has 7 heteroatoms. The lowest BCUT2D eigenvalue weighted by Crippen LogP contribution is -2.20. The predicted molar refractivity (Wildman–Crippen MR) is 48.1 cm³/mol. The molecule has 0 atom stereocenters. The highest BCUT2D eigenvalue weighted by atomic mass is 35.5. The van der Waals surface area contributed by atoms with Crippen LogP contribution in [0.5, 0.6) is 5.88 Å². The highest BCUT2D eigenvalue weighted by Crippen LogP contribution is 2.23. The van der Waals surface area contributed by atoms with Crippen LogP contribution < -0.4 is 4.74 Å². The second kappa shape index (κ2) is 4.22. The van der Waals surface area contributed by atoms with Crippen molar-refractivity contribution in [2.75, 3.05) is 6.61 Å². The Morgan fingerprint density at radius 2 is 1.73 bits per heavy atom. The van der Waals surface area contributed by atoms with Crippen LogP contribution in [-0.2, 0) is 0 Å². The van der Waals surface area contributed by atoms with Crippen LogP contribution in [0.25, 0.3) is 0 Å². The van der Waals surface area contributed by atoms with E-state index in [1.54, 1.807) is 13.8 Å². The summed E-state index contributed by atoms with van der Waals surface area (Å²) in [6.07, 6.45) is -4.41. The SMILES string of the molecule is Cc1nc(Cl)c(OCC(F)(F)F)nc1C. The van der Waals surface area contributed by atoms with E-state index in [9.17, 15) is 13.2 Å². The van der Waals surface area contributed by atoms with E-state index < -0.39 is 12.8 Å². The highest BCUT2D eigenvalue weighted by Gasteiger charge is 2.29. The third-order valence-corrected chi connectivity index (χ3v) is 1.85. The van der Waals surface area contributed by atoms with Crippen LogP contribution in [0, 0.1) is 13.8 Å². The number of halogens is 4. The van der Waals surface area contributed by atoms with Gasteiger partial charge in [-0.25, -0.2) is 9.97 Å². The average Bonchev–Trinajstić information content (AvgIpc) is 2.07. The summed E-state index contributed by atoms with van der Waals surface area (Å²) in [7, 11) is 0. The monoisotopic (exact) mass is 240 g/mol. The number of aryl methyl sites for hydroxylation is 2. The van der Waals surface area contributed by atoms with Gasteiger partial charge in [0, 0.05) is 0 Å². The van der Waals surface area contributed by atoms with E-state index >= 15 is 0 Å². The van der Waals surface area contributed by atoms with E-state index in [1.165, 1.54) is 0 Å². The Kier molecular flexibility index (Phi) is 3.38. The Morgan fingerprint density at radius 1 is 1.20 bits per heavy atom. The van der Waals surface area contributed by atoms with Crippen LogP contribution in [0.4, 0.5) is 13.2 Å². The number of ether oxygens (including phenoxy) is 1. The molecule has 0 aliphatic heterocycles. The largest absolute Gasteiger partial charge is 0.466 e. The molecule has 0 saturated carbocycles. The number of aromatic nitrogens is 2. The Balaban J connectivity index is 2.82. The van der Waals surface area contributed by atoms with Gasteiger partial charge in [0.1, 0.15) is 0 Å². The molecule has 0 unspecified atom stereocenters. The first-order chi connectivity index (χ1) is 6.79. The lowest BCUT2D eigenvalue weighted by Gasteiger charge is -2.10. The van der Waals surface area contributed by atoms with E-state index in [0.29, 0.717) is 11.4 Å². The summed E-state index contributed by atoms with van der Waals surface area (Å²) >= 11 is 5.56.